The Morgan fingerprint density at radius 3 is 2.62 bits per heavy atom. The highest BCUT2D eigenvalue weighted by atomic mass is 16.3. The normalized spacial score (nSPS) is 38.6. The van der Waals surface area contributed by atoms with Gasteiger partial charge in [-0.1, -0.05) is 26.8 Å². The Balaban J connectivity index is 2.66. The molecular weight excluding hydrogens is 160 g/mol. The van der Waals surface area contributed by atoms with Crippen molar-refractivity contribution < 1.29 is 5.11 Å². The van der Waals surface area contributed by atoms with Crippen molar-refractivity contribution in [2.75, 3.05) is 0 Å². The predicted octanol–water partition coefficient (Wildman–Crippen LogP) is 3.00. The van der Waals surface area contributed by atoms with E-state index in [1.54, 1.807) is 0 Å². The average molecular weight is 182 g/mol. The van der Waals surface area contributed by atoms with Gasteiger partial charge in [-0.2, -0.15) is 0 Å². The molecule has 76 valence electrons. The van der Waals surface area contributed by atoms with Crippen molar-refractivity contribution in [1.29, 1.82) is 0 Å². The summed E-state index contributed by atoms with van der Waals surface area (Å²) in [6, 6.07) is 0. The lowest BCUT2D eigenvalue weighted by Crippen LogP contribution is -2.39. The molecule has 1 saturated carbocycles. The first-order chi connectivity index (χ1) is 5.96. The molecule has 1 aliphatic carbocycles. The molecule has 0 bridgehead atoms. The third-order valence-electron chi connectivity index (χ3n) is 3.22. The van der Waals surface area contributed by atoms with Crippen LogP contribution in [0.2, 0.25) is 0 Å². The second-order valence-corrected chi connectivity index (χ2v) is 5.32. The quantitative estimate of drug-likeness (QED) is 0.651. The Bertz CT molecular complexity index is 184. The highest BCUT2D eigenvalue weighted by Gasteiger charge is 2.37. The van der Waals surface area contributed by atoms with Crippen molar-refractivity contribution in [2.45, 2.75) is 46.1 Å². The van der Waals surface area contributed by atoms with Gasteiger partial charge in [-0.3, -0.25) is 0 Å². The van der Waals surface area contributed by atoms with E-state index in [0.717, 1.165) is 19.3 Å². The molecule has 0 aromatic heterocycles. The lowest BCUT2D eigenvalue weighted by atomic mass is 9.66. The summed E-state index contributed by atoms with van der Waals surface area (Å²) in [5.74, 6) is 0.866. The van der Waals surface area contributed by atoms with E-state index in [1.165, 1.54) is 0 Å². The number of hydrogen-bond donors (Lipinski definition) is 1. The molecule has 0 radical (unpaired) electrons. The molecule has 1 nitrogen and oxygen atoms in total. The van der Waals surface area contributed by atoms with E-state index in [-0.39, 0.29) is 6.10 Å². The zero-order chi connectivity index (χ0) is 10.1. The summed E-state index contributed by atoms with van der Waals surface area (Å²) in [7, 11) is 0. The maximum atomic E-state index is 9.95. The summed E-state index contributed by atoms with van der Waals surface area (Å²) in [6.07, 6.45) is 5.04. The lowest BCUT2D eigenvalue weighted by Gasteiger charge is -2.42. The Kier molecular flexibility index (Phi) is 3.18. The van der Waals surface area contributed by atoms with Crippen LogP contribution in [0.3, 0.4) is 0 Å². The van der Waals surface area contributed by atoms with E-state index < -0.39 is 0 Å². The molecule has 1 fully saturated rings. The van der Waals surface area contributed by atoms with Crippen molar-refractivity contribution in [3.63, 3.8) is 0 Å². The zero-order valence-electron chi connectivity index (χ0n) is 9.09. The van der Waals surface area contributed by atoms with Crippen molar-refractivity contribution >= 4 is 0 Å². The number of aliphatic hydroxyl groups excluding tert-OH is 1. The van der Waals surface area contributed by atoms with Gasteiger partial charge in [0.05, 0.1) is 6.10 Å². The van der Waals surface area contributed by atoms with Crippen LogP contribution in [-0.4, -0.2) is 11.2 Å². The van der Waals surface area contributed by atoms with Crippen LogP contribution < -0.4 is 0 Å². The van der Waals surface area contributed by atoms with E-state index in [2.05, 4.69) is 27.4 Å². The summed E-state index contributed by atoms with van der Waals surface area (Å²) in [6.45, 7) is 10.5. The zero-order valence-corrected chi connectivity index (χ0v) is 9.09. The molecule has 0 aromatic carbocycles. The van der Waals surface area contributed by atoms with Crippen LogP contribution in [0.25, 0.3) is 0 Å². The van der Waals surface area contributed by atoms with Gasteiger partial charge < -0.3 is 5.11 Å². The van der Waals surface area contributed by atoms with Crippen molar-refractivity contribution in [3.05, 3.63) is 12.7 Å². The molecule has 1 aliphatic rings. The molecule has 0 spiro atoms. The molecule has 1 unspecified atom stereocenters. The first kappa shape index (κ1) is 10.8. The number of rotatable bonds is 2. The van der Waals surface area contributed by atoms with Crippen LogP contribution in [0, 0.1) is 17.3 Å². The van der Waals surface area contributed by atoms with Gasteiger partial charge >= 0.3 is 0 Å². The van der Waals surface area contributed by atoms with E-state index in [4.69, 9.17) is 0 Å². The lowest BCUT2D eigenvalue weighted by molar-refractivity contribution is -0.0202. The van der Waals surface area contributed by atoms with Crippen LogP contribution in [0.4, 0.5) is 0 Å². The summed E-state index contributed by atoms with van der Waals surface area (Å²) in [5.41, 5.74) is 0.395. The Morgan fingerprint density at radius 2 is 2.08 bits per heavy atom. The predicted molar refractivity (Wildman–Crippen MR) is 56.5 cm³/mol. The van der Waals surface area contributed by atoms with Crippen molar-refractivity contribution in [2.24, 2.45) is 17.3 Å². The first-order valence-corrected chi connectivity index (χ1v) is 5.25. The van der Waals surface area contributed by atoms with E-state index in [1.807, 2.05) is 6.08 Å². The summed E-state index contributed by atoms with van der Waals surface area (Å²) >= 11 is 0. The Morgan fingerprint density at radius 1 is 1.46 bits per heavy atom. The van der Waals surface area contributed by atoms with Gasteiger partial charge in [0.25, 0.3) is 0 Å². The molecule has 0 heterocycles. The molecule has 1 heteroatoms. The fourth-order valence-corrected chi connectivity index (χ4v) is 2.81. The summed E-state index contributed by atoms with van der Waals surface area (Å²) in [4.78, 5) is 0. The molecule has 0 aliphatic heterocycles. The fourth-order valence-electron chi connectivity index (χ4n) is 2.81. The molecule has 1 rings (SSSR count). The van der Waals surface area contributed by atoms with E-state index in [0.29, 0.717) is 17.3 Å². The minimum absolute atomic E-state index is 0.119. The summed E-state index contributed by atoms with van der Waals surface area (Å²) in [5, 5.41) is 9.95. The minimum Gasteiger partial charge on any atom is -0.393 e. The first-order valence-electron chi connectivity index (χ1n) is 5.25. The second-order valence-electron chi connectivity index (χ2n) is 5.32. The van der Waals surface area contributed by atoms with Crippen LogP contribution >= 0.6 is 0 Å². The smallest absolute Gasteiger partial charge is 0.0597 e. The monoisotopic (exact) mass is 182 g/mol. The van der Waals surface area contributed by atoms with Crippen LogP contribution in [0.1, 0.15) is 40.0 Å². The van der Waals surface area contributed by atoms with Crippen LogP contribution in [0.15, 0.2) is 12.7 Å². The molecule has 3 atom stereocenters. The van der Waals surface area contributed by atoms with Gasteiger partial charge in [0, 0.05) is 0 Å². The van der Waals surface area contributed by atoms with Gasteiger partial charge in [-0.15, -0.1) is 6.58 Å². The van der Waals surface area contributed by atoms with E-state index >= 15 is 0 Å². The van der Waals surface area contributed by atoms with Gasteiger partial charge in [0.15, 0.2) is 0 Å². The molecule has 0 saturated heterocycles. The van der Waals surface area contributed by atoms with Gasteiger partial charge in [-0.25, -0.2) is 0 Å². The largest absolute Gasteiger partial charge is 0.393 e. The fraction of sp³-hybridized carbons (Fsp3) is 0.833. The van der Waals surface area contributed by atoms with Gasteiger partial charge in [0.1, 0.15) is 0 Å². The number of aliphatic hydroxyl groups is 1. The SMILES string of the molecule is C=CC[C@H]1CC(C)(C)C[C@@H](C)C1O. The Labute approximate surface area is 81.9 Å². The summed E-state index contributed by atoms with van der Waals surface area (Å²) < 4.78 is 0. The average Bonchev–Trinajstić information content (AvgIpc) is 1.99. The topological polar surface area (TPSA) is 20.2 Å². The highest BCUT2D eigenvalue weighted by Crippen LogP contribution is 2.42. The maximum Gasteiger partial charge on any atom is 0.0597 e. The van der Waals surface area contributed by atoms with Crippen molar-refractivity contribution in [1.82, 2.24) is 0 Å². The molecule has 0 amide bonds. The third-order valence-corrected chi connectivity index (χ3v) is 3.22. The minimum atomic E-state index is -0.119. The number of allylic oxidation sites excluding steroid dienone is 1. The standard InChI is InChI=1S/C12H22O/c1-5-6-10-8-12(3,4)7-9(2)11(10)13/h5,9-11,13H,1,6-8H2,2-4H3/t9-,10+,11?/m1/s1. The molecule has 13 heavy (non-hydrogen) atoms. The third kappa shape index (κ3) is 2.57. The van der Waals surface area contributed by atoms with Gasteiger partial charge in [-0.05, 0) is 36.5 Å². The molecule has 1 N–H and O–H groups in total. The van der Waals surface area contributed by atoms with Gasteiger partial charge in [0.2, 0.25) is 0 Å². The number of hydrogen-bond acceptors (Lipinski definition) is 1. The Hall–Kier alpha value is -0.300. The second kappa shape index (κ2) is 3.83. The van der Waals surface area contributed by atoms with Crippen molar-refractivity contribution in [3.8, 4) is 0 Å². The highest BCUT2D eigenvalue weighted by molar-refractivity contribution is 4.91. The van der Waals surface area contributed by atoms with Crippen LogP contribution in [-0.2, 0) is 0 Å². The maximum absolute atomic E-state index is 9.95. The van der Waals surface area contributed by atoms with Crippen LogP contribution in [0.5, 0.6) is 0 Å². The molecule has 0 aromatic rings. The van der Waals surface area contributed by atoms with E-state index in [9.17, 15) is 5.11 Å². The molecular formula is C12H22O.